The second-order valence-electron chi connectivity index (χ2n) is 4.30. The zero-order valence-electron chi connectivity index (χ0n) is 10.9. The van der Waals surface area contributed by atoms with E-state index in [2.05, 4.69) is 49.4 Å². The van der Waals surface area contributed by atoms with Crippen molar-refractivity contribution in [3.05, 3.63) is 42.5 Å². The van der Waals surface area contributed by atoms with Crippen molar-refractivity contribution < 1.29 is 0 Å². The summed E-state index contributed by atoms with van der Waals surface area (Å²) in [4.78, 5) is 0. The van der Waals surface area contributed by atoms with Crippen molar-refractivity contribution in [2.24, 2.45) is 0 Å². The van der Waals surface area contributed by atoms with Crippen LogP contribution in [-0.4, -0.2) is 15.0 Å². The number of benzene rings is 1. The van der Waals surface area contributed by atoms with E-state index in [1.807, 2.05) is 0 Å². The molecule has 0 unspecified atom stereocenters. The van der Waals surface area contributed by atoms with Gasteiger partial charge in [0.2, 0.25) is 0 Å². The topological polar surface area (TPSA) is 0 Å². The average molecular weight is 295 g/mol. The van der Waals surface area contributed by atoms with Crippen LogP contribution in [0.5, 0.6) is 0 Å². The summed E-state index contributed by atoms with van der Waals surface area (Å²) in [5, 5.41) is 1.24. The van der Waals surface area contributed by atoms with Gasteiger partial charge in [0, 0.05) is 0 Å². The Morgan fingerprint density at radius 2 is 1.71 bits per heavy atom. The third-order valence-corrected chi connectivity index (χ3v) is 4.75. The summed E-state index contributed by atoms with van der Waals surface area (Å²) in [7, 11) is 0. The number of hydrogen-bond donors (Lipinski definition) is 0. The van der Waals surface area contributed by atoms with Crippen molar-refractivity contribution in [2.75, 3.05) is 0 Å². The van der Waals surface area contributed by atoms with Crippen LogP contribution in [0.2, 0.25) is 5.32 Å². The molecule has 17 heavy (non-hydrogen) atoms. The first kappa shape index (κ1) is 14.5. The Labute approximate surface area is 113 Å². The summed E-state index contributed by atoms with van der Waals surface area (Å²) >= 11 is 0.625. The van der Waals surface area contributed by atoms with Gasteiger partial charge in [-0.25, -0.2) is 0 Å². The van der Waals surface area contributed by atoms with Crippen LogP contribution < -0.4 is 4.46 Å². The Morgan fingerprint density at radius 1 is 0.941 bits per heavy atom. The first-order valence-electron chi connectivity index (χ1n) is 6.76. The second kappa shape index (κ2) is 10.6. The summed E-state index contributed by atoms with van der Waals surface area (Å²) in [6.45, 7) is 2.27. The van der Waals surface area contributed by atoms with Gasteiger partial charge in [-0.2, -0.15) is 0 Å². The van der Waals surface area contributed by atoms with Crippen LogP contribution in [0.3, 0.4) is 0 Å². The first-order chi connectivity index (χ1) is 8.43. The minimum atomic E-state index is 0.625. The van der Waals surface area contributed by atoms with Crippen LogP contribution in [0.1, 0.15) is 45.4 Å². The molecular weight excluding hydrogens is 271 g/mol. The van der Waals surface area contributed by atoms with E-state index in [9.17, 15) is 0 Å². The molecule has 0 aromatic heterocycles. The Kier molecular flexibility index (Phi) is 9.09. The van der Waals surface area contributed by atoms with Crippen LogP contribution in [-0.2, 0) is 0 Å². The fraction of sp³-hybridized carbons (Fsp3) is 0.500. The minimum absolute atomic E-state index is 0.625. The first-order valence-corrected chi connectivity index (χ1v) is 8.83. The van der Waals surface area contributed by atoms with Gasteiger partial charge >= 0.3 is 113 Å². The predicted molar refractivity (Wildman–Crippen MR) is 79.2 cm³/mol. The van der Waals surface area contributed by atoms with E-state index >= 15 is 0 Å². The van der Waals surface area contributed by atoms with Gasteiger partial charge in [0.05, 0.1) is 0 Å². The molecular formula is C16H24Se. The van der Waals surface area contributed by atoms with Gasteiger partial charge in [-0.3, -0.25) is 0 Å². The predicted octanol–water partition coefficient (Wildman–Crippen LogP) is 4.35. The van der Waals surface area contributed by atoms with Crippen LogP contribution in [0.4, 0.5) is 0 Å². The summed E-state index contributed by atoms with van der Waals surface area (Å²) < 4.78 is 1.51. The van der Waals surface area contributed by atoms with Crippen LogP contribution in [0, 0.1) is 0 Å². The Hall–Kier alpha value is -0.521. The fourth-order valence-electron chi connectivity index (χ4n) is 1.71. The molecule has 0 aliphatic carbocycles. The standard InChI is InChI=1S/C16H24Se/c1-2-3-4-5-6-7-8-12-15-17-16-13-10-9-11-14-16/h8-14H,2-7,15H2,1H3/b12-8+. The van der Waals surface area contributed by atoms with Crippen molar-refractivity contribution in [1.29, 1.82) is 0 Å². The van der Waals surface area contributed by atoms with Crippen molar-refractivity contribution in [1.82, 2.24) is 0 Å². The van der Waals surface area contributed by atoms with Crippen LogP contribution in [0.15, 0.2) is 42.5 Å². The number of unbranched alkanes of at least 4 members (excludes halogenated alkanes) is 5. The molecule has 1 rings (SSSR count). The zero-order valence-corrected chi connectivity index (χ0v) is 12.6. The Bertz CT molecular complexity index is 290. The number of rotatable bonds is 9. The molecule has 94 valence electrons. The van der Waals surface area contributed by atoms with Crippen molar-refractivity contribution in [3.63, 3.8) is 0 Å². The molecule has 0 aliphatic rings. The molecule has 0 spiro atoms. The van der Waals surface area contributed by atoms with Crippen molar-refractivity contribution >= 4 is 19.4 Å². The zero-order chi connectivity index (χ0) is 12.2. The maximum absolute atomic E-state index is 2.37. The van der Waals surface area contributed by atoms with Gasteiger partial charge in [0.15, 0.2) is 0 Å². The summed E-state index contributed by atoms with van der Waals surface area (Å²) in [5.41, 5.74) is 0. The van der Waals surface area contributed by atoms with Gasteiger partial charge in [0.1, 0.15) is 0 Å². The Balaban J connectivity index is 1.96. The molecule has 0 heterocycles. The van der Waals surface area contributed by atoms with Gasteiger partial charge in [-0.15, -0.1) is 0 Å². The fourth-order valence-corrected chi connectivity index (χ4v) is 3.34. The van der Waals surface area contributed by atoms with Gasteiger partial charge in [-0.05, 0) is 0 Å². The van der Waals surface area contributed by atoms with Crippen LogP contribution >= 0.6 is 0 Å². The quantitative estimate of drug-likeness (QED) is 0.361. The van der Waals surface area contributed by atoms with E-state index in [0.717, 1.165) is 0 Å². The monoisotopic (exact) mass is 296 g/mol. The molecule has 0 aliphatic heterocycles. The molecule has 0 N–H and O–H groups in total. The third kappa shape index (κ3) is 8.24. The van der Waals surface area contributed by atoms with E-state index in [1.54, 1.807) is 0 Å². The van der Waals surface area contributed by atoms with Crippen LogP contribution in [0.25, 0.3) is 0 Å². The number of allylic oxidation sites excluding steroid dienone is 2. The molecule has 0 saturated heterocycles. The second-order valence-corrected chi connectivity index (χ2v) is 6.59. The molecule has 0 fully saturated rings. The molecule has 0 amide bonds. The molecule has 1 aromatic rings. The number of hydrogen-bond acceptors (Lipinski definition) is 0. The van der Waals surface area contributed by atoms with Crippen molar-refractivity contribution in [3.8, 4) is 0 Å². The van der Waals surface area contributed by atoms with Gasteiger partial charge in [0.25, 0.3) is 0 Å². The molecule has 0 nitrogen and oxygen atoms in total. The molecule has 0 radical (unpaired) electrons. The van der Waals surface area contributed by atoms with E-state index in [1.165, 1.54) is 48.3 Å². The third-order valence-electron chi connectivity index (χ3n) is 2.73. The average Bonchev–Trinajstić information content (AvgIpc) is 2.38. The molecule has 1 heteroatoms. The van der Waals surface area contributed by atoms with Gasteiger partial charge in [-0.1, -0.05) is 0 Å². The normalized spacial score (nSPS) is 11.1. The summed E-state index contributed by atoms with van der Waals surface area (Å²) in [5.74, 6) is 0. The van der Waals surface area contributed by atoms with E-state index in [4.69, 9.17) is 0 Å². The molecule has 0 saturated carbocycles. The maximum atomic E-state index is 2.37. The van der Waals surface area contributed by atoms with E-state index in [0.29, 0.717) is 15.0 Å². The molecule has 0 bridgehead atoms. The van der Waals surface area contributed by atoms with E-state index in [-0.39, 0.29) is 0 Å². The van der Waals surface area contributed by atoms with Gasteiger partial charge < -0.3 is 0 Å². The van der Waals surface area contributed by atoms with E-state index < -0.39 is 0 Å². The molecule has 0 atom stereocenters. The SMILES string of the molecule is CCCCCCC/C=C/C[Se]c1ccccc1. The van der Waals surface area contributed by atoms with Crippen molar-refractivity contribution in [2.45, 2.75) is 50.8 Å². The summed E-state index contributed by atoms with van der Waals surface area (Å²) in [6.07, 6.45) is 12.9. The summed E-state index contributed by atoms with van der Waals surface area (Å²) in [6, 6.07) is 10.8. The molecule has 1 aromatic carbocycles. The Morgan fingerprint density at radius 3 is 2.47 bits per heavy atom.